The summed E-state index contributed by atoms with van der Waals surface area (Å²) >= 11 is 0. The maximum atomic E-state index is 13.9. The molecule has 39 heavy (non-hydrogen) atoms. The highest BCUT2D eigenvalue weighted by Crippen LogP contribution is 2.45. The molecule has 2 aliphatic rings. The molecule has 5 rings (SSSR count). The molecular weight excluding hydrogens is 528 g/mol. The lowest BCUT2D eigenvalue weighted by Gasteiger charge is -2.41. The van der Waals surface area contributed by atoms with Crippen LogP contribution in [-0.2, 0) is 18.0 Å². The minimum atomic E-state index is -4.69. The fraction of sp³-hybridized carbons (Fsp3) is 0.519. The molecule has 0 radical (unpaired) electrons. The Morgan fingerprint density at radius 1 is 1.00 bits per heavy atom. The number of nitrogens with one attached hydrogen (secondary N) is 1. The third kappa shape index (κ3) is 5.73. The summed E-state index contributed by atoms with van der Waals surface area (Å²) in [7, 11) is 0. The van der Waals surface area contributed by atoms with Gasteiger partial charge in [0.25, 0.3) is 0 Å². The summed E-state index contributed by atoms with van der Waals surface area (Å²) in [6.45, 7) is 3.40. The first-order chi connectivity index (χ1) is 18.0. The van der Waals surface area contributed by atoms with Crippen LogP contribution in [-0.4, -0.2) is 43.9 Å². The molecule has 0 bridgehead atoms. The summed E-state index contributed by atoms with van der Waals surface area (Å²) in [4.78, 5) is 4.20. The smallest absolute Gasteiger partial charge is 0.420 e. The standard InChI is InChI=1S/C27H29F6N3O3/c1-15-8-25(38,17-3-5-18(6-4-17)26(28,29)30)11-19(34-15)14-39-20-7-21(27(31,32)33)23-35-22(13-36(23)12-20)16-9-24(2,37)10-16/h3-7,12-13,15-16,19,34,37-38H,8-11,14H2,1-2H3. The Morgan fingerprint density at radius 3 is 2.26 bits per heavy atom. The minimum Gasteiger partial charge on any atom is -0.490 e. The summed E-state index contributed by atoms with van der Waals surface area (Å²) in [5, 5.41) is 24.6. The van der Waals surface area contributed by atoms with E-state index in [2.05, 4.69) is 10.3 Å². The van der Waals surface area contributed by atoms with E-state index < -0.39 is 40.7 Å². The van der Waals surface area contributed by atoms with Crippen molar-refractivity contribution < 1.29 is 41.3 Å². The van der Waals surface area contributed by atoms with E-state index in [9.17, 15) is 36.6 Å². The van der Waals surface area contributed by atoms with Crippen LogP contribution in [0.4, 0.5) is 26.3 Å². The fourth-order valence-electron chi connectivity index (χ4n) is 5.81. The summed E-state index contributed by atoms with van der Waals surface area (Å²) in [6.07, 6.45) is -5.10. The van der Waals surface area contributed by atoms with Gasteiger partial charge in [-0.05, 0) is 63.3 Å². The van der Waals surface area contributed by atoms with Crippen LogP contribution in [0, 0.1) is 0 Å². The van der Waals surface area contributed by atoms with Crippen LogP contribution in [0.3, 0.4) is 0 Å². The second-order valence-electron chi connectivity index (χ2n) is 11.2. The number of fused-ring (bicyclic) bond motifs is 1. The van der Waals surface area contributed by atoms with Gasteiger partial charge in [-0.3, -0.25) is 0 Å². The zero-order chi connectivity index (χ0) is 28.4. The number of hydrogen-bond acceptors (Lipinski definition) is 5. The topological polar surface area (TPSA) is 79.0 Å². The van der Waals surface area contributed by atoms with Gasteiger partial charge in [-0.15, -0.1) is 0 Å². The number of ether oxygens (including phenoxy) is 1. The third-order valence-electron chi connectivity index (χ3n) is 7.59. The lowest BCUT2D eigenvalue weighted by Crippen LogP contribution is -2.53. The van der Waals surface area contributed by atoms with Crippen LogP contribution in [0.5, 0.6) is 5.75 Å². The molecule has 3 unspecified atom stereocenters. The van der Waals surface area contributed by atoms with Crippen molar-refractivity contribution >= 4 is 5.65 Å². The van der Waals surface area contributed by atoms with Gasteiger partial charge in [0.1, 0.15) is 23.6 Å². The van der Waals surface area contributed by atoms with Gasteiger partial charge in [0.05, 0.1) is 28.7 Å². The minimum absolute atomic E-state index is 0.0440. The van der Waals surface area contributed by atoms with Gasteiger partial charge in [0.15, 0.2) is 0 Å². The van der Waals surface area contributed by atoms with Crippen molar-refractivity contribution in [1.82, 2.24) is 14.7 Å². The summed E-state index contributed by atoms with van der Waals surface area (Å²) < 4.78 is 87.6. The Bertz CT molecular complexity index is 1340. The average molecular weight is 558 g/mol. The largest absolute Gasteiger partial charge is 0.490 e. The molecule has 2 aromatic heterocycles. The number of piperidine rings is 1. The number of alkyl halides is 6. The van der Waals surface area contributed by atoms with E-state index in [4.69, 9.17) is 4.74 Å². The van der Waals surface area contributed by atoms with Crippen LogP contribution >= 0.6 is 0 Å². The fourth-order valence-corrected chi connectivity index (χ4v) is 5.81. The molecule has 1 aliphatic heterocycles. The van der Waals surface area contributed by atoms with Crippen LogP contribution in [0.25, 0.3) is 5.65 Å². The van der Waals surface area contributed by atoms with Crippen LogP contribution in [0.15, 0.2) is 42.7 Å². The molecule has 3 aromatic rings. The number of benzene rings is 1. The van der Waals surface area contributed by atoms with Gasteiger partial charge in [0, 0.05) is 24.2 Å². The number of hydrogen-bond donors (Lipinski definition) is 3. The van der Waals surface area contributed by atoms with Crippen molar-refractivity contribution in [2.24, 2.45) is 0 Å². The van der Waals surface area contributed by atoms with Gasteiger partial charge in [-0.2, -0.15) is 26.3 Å². The predicted octanol–water partition coefficient (Wildman–Crippen LogP) is 5.41. The van der Waals surface area contributed by atoms with Gasteiger partial charge >= 0.3 is 12.4 Å². The van der Waals surface area contributed by atoms with Crippen LogP contribution in [0.2, 0.25) is 0 Å². The van der Waals surface area contributed by atoms with Crippen molar-refractivity contribution in [2.45, 2.75) is 81.1 Å². The number of halogens is 6. The number of aliphatic hydroxyl groups is 2. The zero-order valence-corrected chi connectivity index (χ0v) is 21.3. The highest BCUT2D eigenvalue weighted by atomic mass is 19.4. The van der Waals surface area contributed by atoms with Crippen LogP contribution < -0.4 is 10.1 Å². The Balaban J connectivity index is 1.34. The number of nitrogens with zero attached hydrogens (tertiary/aromatic N) is 2. The van der Waals surface area contributed by atoms with E-state index >= 15 is 0 Å². The Morgan fingerprint density at radius 2 is 1.67 bits per heavy atom. The SMILES string of the molecule is CC1CC(O)(c2ccc(C(F)(F)F)cc2)CC(COc2cc(C(F)(F)F)c3nc(C4CC(C)(O)C4)cn3c2)N1. The molecule has 1 saturated heterocycles. The van der Waals surface area contributed by atoms with Gasteiger partial charge < -0.3 is 24.7 Å². The van der Waals surface area contributed by atoms with E-state index in [1.54, 1.807) is 13.8 Å². The Kier molecular flexibility index (Phi) is 6.67. The molecule has 212 valence electrons. The first-order valence-corrected chi connectivity index (χ1v) is 12.6. The lowest BCUT2D eigenvalue weighted by molar-refractivity contribution is -0.138. The van der Waals surface area contributed by atoms with E-state index in [-0.39, 0.29) is 42.8 Å². The molecule has 1 aromatic carbocycles. The van der Waals surface area contributed by atoms with Crippen molar-refractivity contribution in [3.63, 3.8) is 0 Å². The number of imidazole rings is 1. The van der Waals surface area contributed by atoms with E-state index in [1.165, 1.54) is 28.9 Å². The highest BCUT2D eigenvalue weighted by Gasteiger charge is 2.42. The van der Waals surface area contributed by atoms with Crippen molar-refractivity contribution in [3.05, 3.63) is 65.1 Å². The molecule has 2 fully saturated rings. The third-order valence-corrected chi connectivity index (χ3v) is 7.59. The Hall–Kier alpha value is -2.83. The molecule has 3 atom stereocenters. The molecule has 0 amide bonds. The number of aromatic nitrogens is 2. The molecule has 3 heterocycles. The molecule has 6 nitrogen and oxygen atoms in total. The molecule has 1 saturated carbocycles. The predicted molar refractivity (Wildman–Crippen MR) is 129 cm³/mol. The second-order valence-corrected chi connectivity index (χ2v) is 11.2. The van der Waals surface area contributed by atoms with Crippen LogP contribution in [0.1, 0.15) is 67.8 Å². The van der Waals surface area contributed by atoms with Gasteiger partial charge in [0.2, 0.25) is 0 Å². The van der Waals surface area contributed by atoms with E-state index in [0.717, 1.165) is 18.2 Å². The summed E-state index contributed by atoms with van der Waals surface area (Å²) in [5.74, 6) is -0.182. The number of pyridine rings is 1. The first kappa shape index (κ1) is 27.7. The molecule has 1 aliphatic carbocycles. The maximum Gasteiger partial charge on any atom is 0.420 e. The molecule has 12 heteroatoms. The van der Waals surface area contributed by atoms with E-state index in [0.29, 0.717) is 24.1 Å². The van der Waals surface area contributed by atoms with Gasteiger partial charge in [-0.1, -0.05) is 12.1 Å². The molecular formula is C27H29F6N3O3. The van der Waals surface area contributed by atoms with E-state index in [1.807, 2.05) is 0 Å². The Labute approximate surface area is 220 Å². The molecule has 0 spiro atoms. The van der Waals surface area contributed by atoms with Crippen molar-refractivity contribution in [2.75, 3.05) is 6.61 Å². The zero-order valence-electron chi connectivity index (χ0n) is 21.3. The number of rotatable bonds is 5. The lowest BCUT2D eigenvalue weighted by atomic mass is 9.71. The summed E-state index contributed by atoms with van der Waals surface area (Å²) in [6, 6.07) is 4.51. The summed E-state index contributed by atoms with van der Waals surface area (Å²) in [5.41, 5.74) is -3.52. The maximum absolute atomic E-state index is 13.9. The second kappa shape index (κ2) is 9.38. The highest BCUT2D eigenvalue weighted by molar-refractivity contribution is 5.54. The normalized spacial score (nSPS) is 29.8. The van der Waals surface area contributed by atoms with Crippen molar-refractivity contribution in [3.8, 4) is 5.75 Å². The van der Waals surface area contributed by atoms with Crippen molar-refractivity contribution in [1.29, 1.82) is 0 Å². The van der Waals surface area contributed by atoms with Gasteiger partial charge in [-0.25, -0.2) is 4.98 Å². The quantitative estimate of drug-likeness (QED) is 0.366. The average Bonchev–Trinajstić information content (AvgIpc) is 3.22. The first-order valence-electron chi connectivity index (χ1n) is 12.6. The molecule has 3 N–H and O–H groups in total. The monoisotopic (exact) mass is 557 g/mol.